The molecule has 2 N–H and O–H groups in total. The van der Waals surface area contributed by atoms with Crippen molar-refractivity contribution in [1.82, 2.24) is 14.5 Å². The molecule has 0 aliphatic heterocycles. The van der Waals surface area contributed by atoms with Crippen LogP contribution in [0.4, 0.5) is 5.95 Å². The van der Waals surface area contributed by atoms with Crippen molar-refractivity contribution in [2.24, 2.45) is 0 Å². The van der Waals surface area contributed by atoms with Crippen LogP contribution >= 0.6 is 0 Å². The summed E-state index contributed by atoms with van der Waals surface area (Å²) in [5.74, 6) is 0.608. The minimum absolute atomic E-state index is 0.0812. The third-order valence-corrected chi connectivity index (χ3v) is 4.24. The maximum Gasteiger partial charge on any atom is 0.202 e. The van der Waals surface area contributed by atoms with Crippen molar-refractivity contribution < 1.29 is 0 Å². The van der Waals surface area contributed by atoms with Crippen LogP contribution < -0.4 is 5.73 Å². The number of nitrogens with zero attached hydrogens (tertiary/aromatic N) is 3. The van der Waals surface area contributed by atoms with Crippen LogP contribution in [0.2, 0.25) is 0 Å². The van der Waals surface area contributed by atoms with Gasteiger partial charge in [-0.25, -0.2) is 9.97 Å². The standard InChI is InChI=1S/C14H20N4/c1-10-6-9-16-12-11(10)17-13(15)18(12)14(2)7-4-3-5-8-14/h6,9H,3-5,7-8H2,1-2H3,(H2,15,17). The molecule has 1 aliphatic carbocycles. The average Bonchev–Trinajstić information content (AvgIpc) is 2.68. The van der Waals surface area contributed by atoms with Gasteiger partial charge in [-0.1, -0.05) is 19.3 Å². The predicted molar refractivity (Wildman–Crippen MR) is 73.4 cm³/mol. The quantitative estimate of drug-likeness (QED) is 0.839. The minimum atomic E-state index is 0.0812. The molecule has 0 atom stereocenters. The number of rotatable bonds is 1. The number of anilines is 1. The number of aromatic nitrogens is 3. The minimum Gasteiger partial charge on any atom is -0.369 e. The molecule has 0 amide bonds. The molecule has 3 rings (SSSR count). The number of fused-ring (bicyclic) bond motifs is 1. The summed E-state index contributed by atoms with van der Waals surface area (Å²) in [5, 5.41) is 0. The zero-order valence-electron chi connectivity index (χ0n) is 11.1. The number of nitrogen functional groups attached to an aromatic ring is 1. The van der Waals surface area contributed by atoms with Crippen LogP contribution in [0.5, 0.6) is 0 Å². The predicted octanol–water partition coefficient (Wildman–Crippen LogP) is 3.00. The largest absolute Gasteiger partial charge is 0.369 e. The smallest absolute Gasteiger partial charge is 0.202 e. The molecule has 96 valence electrons. The molecule has 2 heterocycles. The van der Waals surface area contributed by atoms with Crippen molar-refractivity contribution in [3.63, 3.8) is 0 Å². The van der Waals surface area contributed by atoms with E-state index < -0.39 is 0 Å². The molecule has 4 heteroatoms. The van der Waals surface area contributed by atoms with Gasteiger partial charge in [0.15, 0.2) is 5.65 Å². The summed E-state index contributed by atoms with van der Waals surface area (Å²) in [7, 11) is 0. The van der Waals surface area contributed by atoms with Gasteiger partial charge in [0, 0.05) is 11.7 Å². The first-order valence-electron chi connectivity index (χ1n) is 6.72. The summed E-state index contributed by atoms with van der Waals surface area (Å²) >= 11 is 0. The summed E-state index contributed by atoms with van der Waals surface area (Å²) in [6.45, 7) is 4.34. The number of aryl methyl sites for hydroxylation is 1. The summed E-state index contributed by atoms with van der Waals surface area (Å²) in [6.07, 6.45) is 8.04. The Bertz CT molecular complexity index is 579. The van der Waals surface area contributed by atoms with E-state index in [9.17, 15) is 0 Å². The van der Waals surface area contributed by atoms with Crippen LogP contribution in [-0.4, -0.2) is 14.5 Å². The van der Waals surface area contributed by atoms with E-state index in [4.69, 9.17) is 5.73 Å². The second-order valence-corrected chi connectivity index (χ2v) is 5.66. The molecular weight excluding hydrogens is 224 g/mol. The van der Waals surface area contributed by atoms with Crippen LogP contribution in [0.3, 0.4) is 0 Å². The normalized spacial score (nSPS) is 19.2. The number of pyridine rings is 1. The van der Waals surface area contributed by atoms with E-state index in [2.05, 4.69) is 28.4 Å². The fourth-order valence-electron chi connectivity index (χ4n) is 3.18. The molecule has 0 spiro atoms. The van der Waals surface area contributed by atoms with Gasteiger partial charge in [-0.2, -0.15) is 0 Å². The Labute approximate surface area is 107 Å². The van der Waals surface area contributed by atoms with Crippen LogP contribution in [-0.2, 0) is 5.54 Å². The van der Waals surface area contributed by atoms with Crippen LogP contribution in [0.1, 0.15) is 44.6 Å². The van der Waals surface area contributed by atoms with Gasteiger partial charge in [-0.15, -0.1) is 0 Å². The first kappa shape index (κ1) is 11.5. The highest BCUT2D eigenvalue weighted by Crippen LogP contribution is 2.38. The molecule has 1 fully saturated rings. The third kappa shape index (κ3) is 1.59. The summed E-state index contributed by atoms with van der Waals surface area (Å²) < 4.78 is 2.16. The van der Waals surface area contributed by atoms with Crippen molar-refractivity contribution in [2.75, 3.05) is 5.73 Å². The van der Waals surface area contributed by atoms with Gasteiger partial charge < -0.3 is 5.73 Å². The van der Waals surface area contributed by atoms with Crippen LogP contribution in [0.25, 0.3) is 11.2 Å². The highest BCUT2D eigenvalue weighted by molar-refractivity contribution is 5.77. The number of nitrogens with two attached hydrogens (primary N) is 1. The molecule has 0 bridgehead atoms. The van der Waals surface area contributed by atoms with Crippen molar-refractivity contribution in [1.29, 1.82) is 0 Å². The SMILES string of the molecule is Cc1ccnc2c1nc(N)n2C1(C)CCCCC1. The van der Waals surface area contributed by atoms with E-state index in [1.807, 2.05) is 12.3 Å². The lowest BCUT2D eigenvalue weighted by molar-refractivity contribution is 0.227. The highest BCUT2D eigenvalue weighted by Gasteiger charge is 2.32. The van der Waals surface area contributed by atoms with Gasteiger partial charge in [0.25, 0.3) is 0 Å². The van der Waals surface area contributed by atoms with Crippen molar-refractivity contribution in [3.8, 4) is 0 Å². The lowest BCUT2D eigenvalue weighted by Gasteiger charge is -2.35. The molecule has 1 saturated carbocycles. The van der Waals surface area contributed by atoms with Gasteiger partial charge >= 0.3 is 0 Å². The second-order valence-electron chi connectivity index (χ2n) is 5.66. The molecule has 0 radical (unpaired) electrons. The molecular formula is C14H20N4. The fourth-order valence-corrected chi connectivity index (χ4v) is 3.18. The molecule has 0 saturated heterocycles. The maximum atomic E-state index is 6.15. The van der Waals surface area contributed by atoms with E-state index in [-0.39, 0.29) is 5.54 Å². The Morgan fingerprint density at radius 1 is 1.28 bits per heavy atom. The third-order valence-electron chi connectivity index (χ3n) is 4.24. The van der Waals surface area contributed by atoms with Crippen molar-refractivity contribution in [3.05, 3.63) is 17.8 Å². The zero-order valence-corrected chi connectivity index (χ0v) is 11.1. The van der Waals surface area contributed by atoms with E-state index in [1.54, 1.807) is 0 Å². The molecule has 2 aromatic heterocycles. The monoisotopic (exact) mass is 244 g/mol. The van der Waals surface area contributed by atoms with Crippen molar-refractivity contribution in [2.45, 2.75) is 51.5 Å². The molecule has 2 aromatic rings. The molecule has 0 unspecified atom stereocenters. The van der Waals surface area contributed by atoms with Crippen LogP contribution in [0.15, 0.2) is 12.3 Å². The summed E-state index contributed by atoms with van der Waals surface area (Å²) in [5.41, 5.74) is 9.26. The summed E-state index contributed by atoms with van der Waals surface area (Å²) in [6, 6.07) is 1.99. The summed E-state index contributed by atoms with van der Waals surface area (Å²) in [4.78, 5) is 9.01. The van der Waals surface area contributed by atoms with Gasteiger partial charge in [0.1, 0.15) is 5.52 Å². The number of hydrogen-bond acceptors (Lipinski definition) is 3. The topological polar surface area (TPSA) is 56.7 Å². The van der Waals surface area contributed by atoms with Crippen LogP contribution in [0, 0.1) is 6.92 Å². The number of hydrogen-bond donors (Lipinski definition) is 1. The maximum absolute atomic E-state index is 6.15. The Morgan fingerprint density at radius 2 is 2.00 bits per heavy atom. The van der Waals surface area contributed by atoms with E-state index in [1.165, 1.54) is 19.3 Å². The number of imidazole rings is 1. The molecule has 0 aromatic carbocycles. The Morgan fingerprint density at radius 3 is 2.72 bits per heavy atom. The molecule has 1 aliphatic rings. The lowest BCUT2D eigenvalue weighted by Crippen LogP contribution is -2.33. The molecule has 18 heavy (non-hydrogen) atoms. The van der Waals surface area contributed by atoms with Gasteiger partial charge in [-0.05, 0) is 38.3 Å². The van der Waals surface area contributed by atoms with E-state index in [0.29, 0.717) is 5.95 Å². The van der Waals surface area contributed by atoms with E-state index >= 15 is 0 Å². The Balaban J connectivity index is 2.22. The van der Waals surface area contributed by atoms with Crippen molar-refractivity contribution >= 4 is 17.1 Å². The second kappa shape index (κ2) is 3.97. The van der Waals surface area contributed by atoms with Gasteiger partial charge in [0.2, 0.25) is 5.95 Å². The lowest BCUT2D eigenvalue weighted by atomic mass is 9.83. The fraction of sp³-hybridized carbons (Fsp3) is 0.571. The van der Waals surface area contributed by atoms with E-state index in [0.717, 1.165) is 29.6 Å². The Hall–Kier alpha value is -1.58. The average molecular weight is 244 g/mol. The first-order valence-corrected chi connectivity index (χ1v) is 6.72. The highest BCUT2D eigenvalue weighted by atomic mass is 15.2. The van der Waals surface area contributed by atoms with Gasteiger partial charge in [-0.3, -0.25) is 4.57 Å². The molecule has 4 nitrogen and oxygen atoms in total. The first-order chi connectivity index (χ1) is 8.62. The van der Waals surface area contributed by atoms with Gasteiger partial charge in [0.05, 0.1) is 0 Å². The zero-order chi connectivity index (χ0) is 12.8. The Kier molecular flexibility index (Phi) is 2.54.